The van der Waals surface area contributed by atoms with E-state index in [-0.39, 0.29) is 11.9 Å². The number of aromatic nitrogens is 2. The van der Waals surface area contributed by atoms with Crippen molar-refractivity contribution in [3.63, 3.8) is 0 Å². The first kappa shape index (κ1) is 19.3. The first-order valence-electron chi connectivity index (χ1n) is 9.81. The number of carbonyl (C=O) groups is 1. The van der Waals surface area contributed by atoms with Crippen molar-refractivity contribution in [2.45, 2.75) is 26.3 Å². The van der Waals surface area contributed by atoms with Gasteiger partial charge in [-0.15, -0.1) is 0 Å². The summed E-state index contributed by atoms with van der Waals surface area (Å²) in [6, 6.07) is 12.2. The van der Waals surface area contributed by atoms with E-state index in [1.807, 2.05) is 24.3 Å². The van der Waals surface area contributed by atoms with Gasteiger partial charge in [-0.1, -0.05) is 44.2 Å². The normalized spacial score (nSPS) is 16.3. The number of rotatable bonds is 7. The number of anilines is 1. The maximum Gasteiger partial charge on any atom is 0.275 e. The van der Waals surface area contributed by atoms with Crippen molar-refractivity contribution in [1.82, 2.24) is 15.3 Å². The van der Waals surface area contributed by atoms with Crippen molar-refractivity contribution in [1.29, 1.82) is 0 Å². The second-order valence-corrected chi connectivity index (χ2v) is 7.62. The highest BCUT2D eigenvalue weighted by Crippen LogP contribution is 2.20. The molecule has 0 aliphatic carbocycles. The molecule has 1 amide bonds. The molecule has 3 rings (SSSR count). The molecule has 27 heavy (non-hydrogen) atoms. The van der Waals surface area contributed by atoms with Crippen LogP contribution in [0.25, 0.3) is 0 Å². The molecular weight excluding hydrogens is 338 g/mol. The molecule has 0 bridgehead atoms. The minimum atomic E-state index is 0.0807. The summed E-state index contributed by atoms with van der Waals surface area (Å²) in [6.45, 7) is 8.50. The topological polar surface area (TPSA) is 62.6 Å². The highest BCUT2D eigenvalue weighted by molar-refractivity contribution is 5.77. The Labute approximate surface area is 161 Å². The summed E-state index contributed by atoms with van der Waals surface area (Å²) < 4.78 is 0. The number of hydrogen-bond donors (Lipinski definition) is 2. The van der Waals surface area contributed by atoms with Crippen LogP contribution in [-0.4, -0.2) is 48.6 Å². The van der Waals surface area contributed by atoms with Crippen LogP contribution in [0.4, 0.5) is 5.95 Å². The summed E-state index contributed by atoms with van der Waals surface area (Å²) in [5.74, 6) is 1.43. The summed E-state index contributed by atoms with van der Waals surface area (Å²) in [6.07, 6.45) is 4.49. The third-order valence-electron chi connectivity index (χ3n) is 4.96. The second-order valence-electron chi connectivity index (χ2n) is 7.62. The van der Waals surface area contributed by atoms with E-state index >= 15 is 0 Å². The Bertz CT molecular complexity index is 699. The number of hydrogen-bond acceptors (Lipinski definition) is 4. The molecule has 6 nitrogen and oxygen atoms in total. The molecule has 1 aliphatic rings. The molecule has 2 heterocycles. The van der Waals surface area contributed by atoms with E-state index in [0.717, 1.165) is 38.5 Å². The Kier molecular flexibility index (Phi) is 6.76. The van der Waals surface area contributed by atoms with Crippen LogP contribution in [0.15, 0.2) is 48.8 Å². The summed E-state index contributed by atoms with van der Waals surface area (Å²) in [7, 11) is 0. The van der Waals surface area contributed by atoms with E-state index in [1.54, 1.807) is 12.4 Å². The first-order chi connectivity index (χ1) is 13.1. The van der Waals surface area contributed by atoms with Gasteiger partial charge in [-0.3, -0.25) is 4.79 Å². The Hall–Kier alpha value is -2.47. The number of quaternary nitrogens is 1. The third-order valence-corrected chi connectivity index (χ3v) is 4.96. The van der Waals surface area contributed by atoms with E-state index in [1.165, 1.54) is 10.5 Å². The lowest BCUT2D eigenvalue weighted by Crippen LogP contribution is -3.16. The van der Waals surface area contributed by atoms with Crippen molar-refractivity contribution < 1.29 is 9.69 Å². The lowest BCUT2D eigenvalue weighted by atomic mass is 9.97. The lowest BCUT2D eigenvalue weighted by Gasteiger charge is -2.32. The van der Waals surface area contributed by atoms with Crippen LogP contribution in [0.5, 0.6) is 0 Å². The SMILES string of the molecule is CC(C)C[C@H](NC(=O)C[NH+]1CCN(c2ncccn2)CC1)c1ccccc1. The number of piperazine rings is 1. The van der Waals surface area contributed by atoms with Crippen LogP contribution in [0.2, 0.25) is 0 Å². The zero-order valence-electron chi connectivity index (χ0n) is 16.3. The van der Waals surface area contributed by atoms with Gasteiger partial charge in [0.25, 0.3) is 5.91 Å². The number of nitrogens with one attached hydrogen (secondary N) is 2. The van der Waals surface area contributed by atoms with Crippen LogP contribution in [0.3, 0.4) is 0 Å². The summed E-state index contributed by atoms with van der Waals surface area (Å²) in [5, 5.41) is 3.26. The van der Waals surface area contributed by atoms with Gasteiger partial charge in [0.1, 0.15) is 0 Å². The minimum absolute atomic E-state index is 0.0807. The van der Waals surface area contributed by atoms with Gasteiger partial charge in [0.2, 0.25) is 5.95 Å². The molecule has 1 aliphatic heterocycles. The summed E-state index contributed by atoms with van der Waals surface area (Å²) >= 11 is 0. The molecular formula is C21H30N5O+. The highest BCUT2D eigenvalue weighted by Gasteiger charge is 2.25. The fourth-order valence-corrected chi connectivity index (χ4v) is 3.56. The largest absolute Gasteiger partial charge is 0.344 e. The van der Waals surface area contributed by atoms with Gasteiger partial charge in [-0.05, 0) is 24.0 Å². The molecule has 0 unspecified atom stereocenters. The molecule has 0 radical (unpaired) electrons. The van der Waals surface area contributed by atoms with Crippen molar-refractivity contribution in [3.8, 4) is 0 Å². The smallest absolute Gasteiger partial charge is 0.275 e. The maximum atomic E-state index is 12.7. The molecule has 2 aromatic rings. The van der Waals surface area contributed by atoms with Crippen LogP contribution in [0, 0.1) is 5.92 Å². The predicted molar refractivity (Wildman–Crippen MR) is 107 cm³/mol. The van der Waals surface area contributed by atoms with Crippen molar-refractivity contribution >= 4 is 11.9 Å². The average Bonchev–Trinajstić information content (AvgIpc) is 2.69. The van der Waals surface area contributed by atoms with E-state index in [0.29, 0.717) is 12.5 Å². The molecule has 1 aromatic carbocycles. The Morgan fingerprint density at radius 1 is 1.11 bits per heavy atom. The van der Waals surface area contributed by atoms with Gasteiger partial charge in [-0.2, -0.15) is 0 Å². The molecule has 2 N–H and O–H groups in total. The van der Waals surface area contributed by atoms with Gasteiger partial charge in [-0.25, -0.2) is 9.97 Å². The number of amides is 1. The predicted octanol–water partition coefficient (Wildman–Crippen LogP) is 1.09. The molecule has 0 spiro atoms. The van der Waals surface area contributed by atoms with Crippen molar-refractivity contribution in [2.75, 3.05) is 37.6 Å². The first-order valence-corrected chi connectivity index (χ1v) is 9.81. The van der Waals surface area contributed by atoms with Gasteiger partial charge in [0.05, 0.1) is 32.2 Å². The van der Waals surface area contributed by atoms with Crippen LogP contribution in [0.1, 0.15) is 31.9 Å². The quantitative estimate of drug-likeness (QED) is 0.768. The van der Waals surface area contributed by atoms with E-state index < -0.39 is 0 Å². The fourth-order valence-electron chi connectivity index (χ4n) is 3.56. The van der Waals surface area contributed by atoms with Gasteiger partial charge in [0.15, 0.2) is 6.54 Å². The molecule has 1 saturated heterocycles. The Balaban J connectivity index is 1.51. The Morgan fingerprint density at radius 2 is 1.78 bits per heavy atom. The molecule has 1 aromatic heterocycles. The monoisotopic (exact) mass is 368 g/mol. The molecule has 144 valence electrons. The summed E-state index contributed by atoms with van der Waals surface area (Å²) in [5.41, 5.74) is 1.18. The molecule has 0 saturated carbocycles. The van der Waals surface area contributed by atoms with Gasteiger partial charge < -0.3 is 15.1 Å². The van der Waals surface area contributed by atoms with Crippen LogP contribution < -0.4 is 15.1 Å². The molecule has 1 fully saturated rings. The maximum absolute atomic E-state index is 12.7. The zero-order chi connectivity index (χ0) is 19.1. The molecule has 6 heteroatoms. The average molecular weight is 369 g/mol. The van der Waals surface area contributed by atoms with Gasteiger partial charge in [0, 0.05) is 12.4 Å². The lowest BCUT2D eigenvalue weighted by molar-refractivity contribution is -0.892. The third kappa shape index (κ3) is 5.76. The zero-order valence-corrected chi connectivity index (χ0v) is 16.3. The minimum Gasteiger partial charge on any atom is -0.344 e. The highest BCUT2D eigenvalue weighted by atomic mass is 16.2. The van der Waals surface area contributed by atoms with Crippen LogP contribution in [-0.2, 0) is 4.79 Å². The standard InChI is InChI=1S/C21H29N5O/c1-17(2)15-19(18-7-4-3-5-8-18)24-20(27)16-25-11-13-26(14-12-25)21-22-9-6-10-23-21/h3-10,17,19H,11-16H2,1-2H3,(H,24,27)/p+1/t19-/m0/s1. The van der Waals surface area contributed by atoms with Crippen LogP contribution >= 0.6 is 0 Å². The molecule has 1 atom stereocenters. The number of carbonyl (C=O) groups excluding carboxylic acids is 1. The van der Waals surface area contributed by atoms with Crippen molar-refractivity contribution in [3.05, 3.63) is 54.4 Å². The van der Waals surface area contributed by atoms with Gasteiger partial charge >= 0.3 is 0 Å². The number of nitrogens with zero attached hydrogens (tertiary/aromatic N) is 3. The fraction of sp³-hybridized carbons (Fsp3) is 0.476. The van der Waals surface area contributed by atoms with E-state index in [4.69, 9.17) is 0 Å². The second kappa shape index (κ2) is 9.46. The summed E-state index contributed by atoms with van der Waals surface area (Å²) in [4.78, 5) is 24.8. The Morgan fingerprint density at radius 3 is 2.41 bits per heavy atom. The van der Waals surface area contributed by atoms with Crippen molar-refractivity contribution in [2.24, 2.45) is 5.92 Å². The number of benzene rings is 1. The van der Waals surface area contributed by atoms with E-state index in [2.05, 4.69) is 46.2 Å². The van der Waals surface area contributed by atoms with E-state index in [9.17, 15) is 4.79 Å².